The standard InChI is InChI=1S/C13H26N2O/c1-2-15(11-13-7-5-9-16-13)10-12-6-3-4-8-14-12/h12-14H,2-11H2,1H3. The number of ether oxygens (including phenoxy) is 1. The van der Waals surface area contributed by atoms with Gasteiger partial charge in [0.2, 0.25) is 0 Å². The summed E-state index contributed by atoms with van der Waals surface area (Å²) in [6, 6.07) is 0.718. The molecule has 94 valence electrons. The first-order chi connectivity index (χ1) is 7.88. The molecule has 2 atom stereocenters. The van der Waals surface area contributed by atoms with Gasteiger partial charge in [0.1, 0.15) is 0 Å². The highest BCUT2D eigenvalue weighted by Crippen LogP contribution is 2.14. The molecule has 2 saturated heterocycles. The Labute approximate surface area is 99.5 Å². The van der Waals surface area contributed by atoms with Crippen LogP contribution in [0.1, 0.15) is 39.0 Å². The van der Waals surface area contributed by atoms with E-state index in [1.807, 2.05) is 0 Å². The lowest BCUT2D eigenvalue weighted by molar-refractivity contribution is 0.0703. The number of rotatable bonds is 5. The Morgan fingerprint density at radius 1 is 1.19 bits per heavy atom. The molecule has 0 aromatic rings. The van der Waals surface area contributed by atoms with Crippen molar-refractivity contribution in [2.45, 2.75) is 51.2 Å². The first-order valence-electron chi connectivity index (χ1n) is 6.96. The maximum atomic E-state index is 5.71. The second-order valence-electron chi connectivity index (χ2n) is 5.13. The van der Waals surface area contributed by atoms with Gasteiger partial charge in [0.05, 0.1) is 6.10 Å². The van der Waals surface area contributed by atoms with Crippen molar-refractivity contribution in [1.82, 2.24) is 10.2 Å². The molecule has 16 heavy (non-hydrogen) atoms. The maximum absolute atomic E-state index is 5.71. The molecule has 0 radical (unpaired) electrons. The Kier molecular flexibility index (Phi) is 5.07. The molecule has 3 heteroatoms. The molecule has 3 nitrogen and oxygen atoms in total. The summed E-state index contributed by atoms with van der Waals surface area (Å²) in [5.41, 5.74) is 0. The van der Waals surface area contributed by atoms with Crippen LogP contribution in [0.2, 0.25) is 0 Å². The van der Waals surface area contributed by atoms with Gasteiger partial charge in [-0.1, -0.05) is 13.3 Å². The van der Waals surface area contributed by atoms with Crippen molar-refractivity contribution in [1.29, 1.82) is 0 Å². The molecular weight excluding hydrogens is 200 g/mol. The molecule has 2 unspecified atom stereocenters. The fourth-order valence-electron chi connectivity index (χ4n) is 2.80. The second kappa shape index (κ2) is 6.58. The smallest absolute Gasteiger partial charge is 0.0702 e. The molecule has 0 amide bonds. The Morgan fingerprint density at radius 3 is 2.75 bits per heavy atom. The van der Waals surface area contributed by atoms with Gasteiger partial charge in [-0.05, 0) is 38.8 Å². The highest BCUT2D eigenvalue weighted by Gasteiger charge is 2.21. The summed E-state index contributed by atoms with van der Waals surface area (Å²) in [5, 5.41) is 3.63. The van der Waals surface area contributed by atoms with Crippen molar-refractivity contribution in [3.63, 3.8) is 0 Å². The van der Waals surface area contributed by atoms with Crippen LogP contribution in [-0.2, 0) is 4.74 Å². The number of nitrogens with zero attached hydrogens (tertiary/aromatic N) is 1. The highest BCUT2D eigenvalue weighted by atomic mass is 16.5. The van der Waals surface area contributed by atoms with Gasteiger partial charge >= 0.3 is 0 Å². The number of likely N-dealkylation sites (N-methyl/N-ethyl adjacent to an activating group) is 1. The van der Waals surface area contributed by atoms with E-state index in [-0.39, 0.29) is 0 Å². The summed E-state index contributed by atoms with van der Waals surface area (Å²) < 4.78 is 5.71. The molecule has 2 heterocycles. The van der Waals surface area contributed by atoms with E-state index >= 15 is 0 Å². The number of hydrogen-bond donors (Lipinski definition) is 1. The third kappa shape index (κ3) is 3.72. The maximum Gasteiger partial charge on any atom is 0.0702 e. The lowest BCUT2D eigenvalue weighted by Gasteiger charge is -2.31. The van der Waals surface area contributed by atoms with E-state index in [2.05, 4.69) is 17.1 Å². The fourth-order valence-corrected chi connectivity index (χ4v) is 2.80. The zero-order valence-electron chi connectivity index (χ0n) is 10.6. The third-order valence-electron chi connectivity index (χ3n) is 3.82. The van der Waals surface area contributed by atoms with Gasteiger partial charge in [-0.3, -0.25) is 4.90 Å². The van der Waals surface area contributed by atoms with Crippen LogP contribution in [0.25, 0.3) is 0 Å². The topological polar surface area (TPSA) is 24.5 Å². The van der Waals surface area contributed by atoms with Crippen LogP contribution in [0.15, 0.2) is 0 Å². The van der Waals surface area contributed by atoms with E-state index in [0.29, 0.717) is 6.10 Å². The van der Waals surface area contributed by atoms with Crippen LogP contribution in [0.4, 0.5) is 0 Å². The van der Waals surface area contributed by atoms with Gasteiger partial charge < -0.3 is 10.1 Å². The minimum Gasteiger partial charge on any atom is -0.377 e. The van der Waals surface area contributed by atoms with Gasteiger partial charge in [-0.15, -0.1) is 0 Å². The zero-order chi connectivity index (χ0) is 11.2. The number of piperidine rings is 1. The summed E-state index contributed by atoms with van der Waals surface area (Å²) in [5.74, 6) is 0. The Balaban J connectivity index is 1.70. The van der Waals surface area contributed by atoms with Crippen LogP contribution in [0.3, 0.4) is 0 Å². The van der Waals surface area contributed by atoms with Crippen molar-refractivity contribution in [3.05, 3.63) is 0 Å². The van der Waals surface area contributed by atoms with E-state index in [1.54, 1.807) is 0 Å². The van der Waals surface area contributed by atoms with Crippen LogP contribution >= 0.6 is 0 Å². The minimum absolute atomic E-state index is 0.503. The van der Waals surface area contributed by atoms with Crippen LogP contribution in [-0.4, -0.2) is 49.8 Å². The summed E-state index contributed by atoms with van der Waals surface area (Å²) in [6.45, 7) is 7.94. The van der Waals surface area contributed by atoms with E-state index < -0.39 is 0 Å². The molecule has 0 aromatic carbocycles. The van der Waals surface area contributed by atoms with Crippen molar-refractivity contribution >= 4 is 0 Å². The van der Waals surface area contributed by atoms with Crippen molar-refractivity contribution < 1.29 is 4.74 Å². The van der Waals surface area contributed by atoms with E-state index in [9.17, 15) is 0 Å². The molecule has 2 rings (SSSR count). The van der Waals surface area contributed by atoms with Crippen molar-refractivity contribution in [2.24, 2.45) is 0 Å². The quantitative estimate of drug-likeness (QED) is 0.771. The zero-order valence-corrected chi connectivity index (χ0v) is 10.6. The first-order valence-corrected chi connectivity index (χ1v) is 6.96. The average molecular weight is 226 g/mol. The summed E-state index contributed by atoms with van der Waals surface area (Å²) in [4.78, 5) is 2.55. The average Bonchev–Trinajstić information content (AvgIpc) is 2.82. The molecule has 0 aliphatic carbocycles. The number of hydrogen-bond acceptors (Lipinski definition) is 3. The summed E-state index contributed by atoms with van der Waals surface area (Å²) >= 11 is 0. The molecule has 0 saturated carbocycles. The summed E-state index contributed by atoms with van der Waals surface area (Å²) in [7, 11) is 0. The molecule has 2 fully saturated rings. The first kappa shape index (κ1) is 12.3. The van der Waals surface area contributed by atoms with E-state index in [4.69, 9.17) is 4.74 Å². The van der Waals surface area contributed by atoms with Gasteiger partial charge in [0.25, 0.3) is 0 Å². The lowest BCUT2D eigenvalue weighted by Crippen LogP contribution is -2.45. The molecule has 2 aliphatic rings. The predicted molar refractivity (Wildman–Crippen MR) is 66.7 cm³/mol. The van der Waals surface area contributed by atoms with Gasteiger partial charge in [0, 0.05) is 25.7 Å². The third-order valence-corrected chi connectivity index (χ3v) is 3.82. The summed E-state index contributed by atoms with van der Waals surface area (Å²) in [6.07, 6.45) is 7.12. The van der Waals surface area contributed by atoms with Crippen LogP contribution in [0.5, 0.6) is 0 Å². The monoisotopic (exact) mass is 226 g/mol. The predicted octanol–water partition coefficient (Wildman–Crippen LogP) is 1.63. The normalized spacial score (nSPS) is 31.1. The second-order valence-corrected chi connectivity index (χ2v) is 5.13. The van der Waals surface area contributed by atoms with Gasteiger partial charge in [0.15, 0.2) is 0 Å². The largest absolute Gasteiger partial charge is 0.377 e. The number of nitrogens with one attached hydrogen (secondary N) is 1. The Bertz CT molecular complexity index is 186. The molecule has 0 spiro atoms. The SMILES string of the molecule is CCN(CC1CCCCN1)CC1CCCO1. The van der Waals surface area contributed by atoms with Crippen LogP contribution in [0, 0.1) is 0 Å². The lowest BCUT2D eigenvalue weighted by atomic mass is 10.0. The molecule has 1 N–H and O–H groups in total. The Hall–Kier alpha value is -0.120. The van der Waals surface area contributed by atoms with Gasteiger partial charge in [-0.2, -0.15) is 0 Å². The van der Waals surface area contributed by atoms with Crippen molar-refractivity contribution in [3.8, 4) is 0 Å². The fraction of sp³-hybridized carbons (Fsp3) is 1.00. The highest BCUT2D eigenvalue weighted by molar-refractivity contribution is 4.78. The van der Waals surface area contributed by atoms with Crippen LogP contribution < -0.4 is 5.32 Å². The minimum atomic E-state index is 0.503. The van der Waals surface area contributed by atoms with Crippen molar-refractivity contribution in [2.75, 3.05) is 32.8 Å². The molecule has 0 aromatic heterocycles. The van der Waals surface area contributed by atoms with E-state index in [0.717, 1.165) is 25.7 Å². The molecule has 2 aliphatic heterocycles. The Morgan fingerprint density at radius 2 is 2.12 bits per heavy atom. The molecular formula is C13H26N2O. The van der Waals surface area contributed by atoms with Gasteiger partial charge in [-0.25, -0.2) is 0 Å². The molecule has 0 bridgehead atoms. The van der Waals surface area contributed by atoms with E-state index in [1.165, 1.54) is 45.2 Å².